The summed E-state index contributed by atoms with van der Waals surface area (Å²) in [4.78, 5) is 42.6. The fraction of sp³-hybridized carbons (Fsp3) is 0.304. The van der Waals surface area contributed by atoms with Crippen molar-refractivity contribution in [2.75, 3.05) is 0 Å². The van der Waals surface area contributed by atoms with Gasteiger partial charge < -0.3 is 24.9 Å². The van der Waals surface area contributed by atoms with Crippen LogP contribution in [0.15, 0.2) is 29.1 Å². The number of pyridine rings is 2. The van der Waals surface area contributed by atoms with Crippen molar-refractivity contribution in [2.45, 2.75) is 45.4 Å². The average Bonchev–Trinajstić information content (AvgIpc) is 3.12. The van der Waals surface area contributed by atoms with Gasteiger partial charge in [0.15, 0.2) is 0 Å². The van der Waals surface area contributed by atoms with E-state index in [0.29, 0.717) is 29.9 Å². The third-order valence-corrected chi connectivity index (χ3v) is 6.39. The maximum Gasteiger partial charge on any atom is 0.405 e. The van der Waals surface area contributed by atoms with Crippen molar-refractivity contribution in [1.82, 2.24) is 9.55 Å². The summed E-state index contributed by atoms with van der Waals surface area (Å²) in [5, 5.41) is 10.8. The highest BCUT2D eigenvalue weighted by atomic mass is 16.6. The second-order valence-electron chi connectivity index (χ2n) is 7.96. The van der Waals surface area contributed by atoms with Crippen LogP contribution in [0.2, 0.25) is 0 Å². The van der Waals surface area contributed by atoms with Crippen molar-refractivity contribution in [2.24, 2.45) is 5.73 Å². The van der Waals surface area contributed by atoms with E-state index in [-0.39, 0.29) is 35.5 Å². The minimum Gasteiger partial charge on any atom is -0.508 e. The molecule has 0 fully saturated rings. The molecule has 9 heteroatoms. The predicted octanol–water partition coefficient (Wildman–Crippen LogP) is 2.45. The number of carbonyl (C=O) groups is 2. The van der Waals surface area contributed by atoms with Crippen molar-refractivity contribution in [3.8, 4) is 17.1 Å². The number of primary amides is 1. The first-order chi connectivity index (χ1) is 15.3. The average molecular weight is 435 g/mol. The standard InChI is InChI=1S/C23H21N3O6/c1-3-12-13-7-11(27)5-6-17(13)25-19-14(12)9-26-18(19)8-16-15(20(26)28)10-31-21(29)23(16,4-2)32-22(24)30/h5-8,27H,3-4,9-10H2,1-2H3,(H2,24,30)/t23-/m0/s1. The Balaban J connectivity index is 1.82. The van der Waals surface area contributed by atoms with Crippen LogP contribution < -0.4 is 11.3 Å². The number of esters is 1. The Hall–Kier alpha value is -3.88. The van der Waals surface area contributed by atoms with Crippen molar-refractivity contribution in [1.29, 1.82) is 0 Å². The molecule has 0 spiro atoms. The van der Waals surface area contributed by atoms with Gasteiger partial charge >= 0.3 is 12.1 Å². The lowest BCUT2D eigenvalue weighted by Crippen LogP contribution is -2.48. The zero-order valence-corrected chi connectivity index (χ0v) is 17.6. The molecule has 164 valence electrons. The number of benzene rings is 1. The van der Waals surface area contributed by atoms with Crippen LogP contribution in [0.3, 0.4) is 0 Å². The van der Waals surface area contributed by atoms with Crippen molar-refractivity contribution in [3.63, 3.8) is 0 Å². The van der Waals surface area contributed by atoms with Gasteiger partial charge in [0, 0.05) is 16.5 Å². The summed E-state index contributed by atoms with van der Waals surface area (Å²) in [6.45, 7) is 3.76. The number of aromatic nitrogens is 2. The lowest BCUT2D eigenvalue weighted by molar-refractivity contribution is -0.172. The molecule has 0 saturated carbocycles. The zero-order chi connectivity index (χ0) is 22.8. The number of rotatable bonds is 3. The molecule has 0 saturated heterocycles. The molecule has 1 atom stereocenters. The molecule has 32 heavy (non-hydrogen) atoms. The number of hydrogen-bond acceptors (Lipinski definition) is 7. The van der Waals surface area contributed by atoms with Crippen LogP contribution in [0.25, 0.3) is 22.3 Å². The molecular formula is C23H21N3O6. The minimum absolute atomic E-state index is 0.0577. The predicted molar refractivity (Wildman–Crippen MR) is 114 cm³/mol. The quantitative estimate of drug-likeness (QED) is 0.472. The number of fused-ring (bicyclic) bond motifs is 5. The maximum absolute atomic E-state index is 13.4. The summed E-state index contributed by atoms with van der Waals surface area (Å²) in [5.41, 5.74) is 7.40. The van der Waals surface area contributed by atoms with Crippen molar-refractivity contribution < 1.29 is 24.2 Å². The van der Waals surface area contributed by atoms with Crippen LogP contribution in [0.1, 0.15) is 42.5 Å². The Bertz CT molecular complexity index is 1390. The Morgan fingerprint density at radius 3 is 2.75 bits per heavy atom. The van der Waals surface area contributed by atoms with Gasteiger partial charge in [-0.25, -0.2) is 14.6 Å². The van der Waals surface area contributed by atoms with Gasteiger partial charge in [-0.05, 0) is 42.7 Å². The van der Waals surface area contributed by atoms with E-state index in [4.69, 9.17) is 20.2 Å². The van der Waals surface area contributed by atoms with Crippen LogP contribution in [0.4, 0.5) is 4.79 Å². The molecular weight excluding hydrogens is 414 g/mol. The van der Waals surface area contributed by atoms with E-state index >= 15 is 0 Å². The van der Waals surface area contributed by atoms with Gasteiger partial charge in [-0.2, -0.15) is 0 Å². The molecule has 0 unspecified atom stereocenters. The van der Waals surface area contributed by atoms with Crippen LogP contribution in [0.5, 0.6) is 5.75 Å². The molecule has 0 bridgehead atoms. The first-order valence-electron chi connectivity index (χ1n) is 10.4. The molecule has 5 rings (SSSR count). The normalized spacial score (nSPS) is 18.6. The summed E-state index contributed by atoms with van der Waals surface area (Å²) in [6, 6.07) is 6.66. The molecule has 2 aliphatic heterocycles. The SMILES string of the molecule is CCc1c2c(nc3ccc(O)cc13)-c1cc3c(c(=O)n1C2)COC(=O)[C@@]3(CC)OC(N)=O. The molecule has 0 aliphatic carbocycles. The van der Waals surface area contributed by atoms with Crippen LogP contribution in [-0.4, -0.2) is 26.7 Å². The number of nitrogens with two attached hydrogens (primary N) is 1. The fourth-order valence-corrected chi connectivity index (χ4v) is 4.88. The van der Waals surface area contributed by atoms with E-state index in [2.05, 4.69) is 0 Å². The summed E-state index contributed by atoms with van der Waals surface area (Å²) < 4.78 is 12.1. The Morgan fingerprint density at radius 1 is 1.28 bits per heavy atom. The molecule has 3 N–H and O–H groups in total. The summed E-state index contributed by atoms with van der Waals surface area (Å²) in [5.74, 6) is -0.617. The number of hydrogen-bond donors (Lipinski definition) is 2. The molecule has 0 radical (unpaired) electrons. The Labute approximate surface area is 182 Å². The van der Waals surface area contributed by atoms with E-state index in [1.165, 1.54) is 0 Å². The van der Waals surface area contributed by atoms with Gasteiger partial charge in [-0.3, -0.25) is 4.79 Å². The van der Waals surface area contributed by atoms with Gasteiger partial charge in [0.2, 0.25) is 5.60 Å². The smallest absolute Gasteiger partial charge is 0.405 e. The molecule has 3 aromatic rings. The molecule has 1 amide bonds. The Kier molecular flexibility index (Phi) is 4.27. The topological polar surface area (TPSA) is 134 Å². The second-order valence-corrected chi connectivity index (χ2v) is 7.96. The molecule has 2 aromatic heterocycles. The van der Waals surface area contributed by atoms with Gasteiger partial charge in [-0.1, -0.05) is 13.8 Å². The van der Waals surface area contributed by atoms with E-state index in [1.807, 2.05) is 6.92 Å². The second kappa shape index (κ2) is 6.81. The number of ether oxygens (including phenoxy) is 2. The van der Waals surface area contributed by atoms with E-state index in [0.717, 1.165) is 16.5 Å². The molecule has 9 nitrogen and oxygen atoms in total. The highest BCUT2D eigenvalue weighted by Crippen LogP contribution is 2.42. The van der Waals surface area contributed by atoms with Crippen LogP contribution in [0, 0.1) is 0 Å². The third-order valence-electron chi connectivity index (χ3n) is 6.39. The molecule has 4 heterocycles. The van der Waals surface area contributed by atoms with Crippen LogP contribution in [-0.2, 0) is 39.4 Å². The van der Waals surface area contributed by atoms with Gasteiger partial charge in [0.25, 0.3) is 5.56 Å². The Morgan fingerprint density at radius 2 is 2.06 bits per heavy atom. The summed E-state index contributed by atoms with van der Waals surface area (Å²) in [7, 11) is 0. The first-order valence-corrected chi connectivity index (χ1v) is 10.4. The largest absolute Gasteiger partial charge is 0.508 e. The van der Waals surface area contributed by atoms with Crippen LogP contribution >= 0.6 is 0 Å². The number of carbonyl (C=O) groups excluding carboxylic acids is 2. The lowest BCUT2D eigenvalue weighted by atomic mass is 9.85. The highest BCUT2D eigenvalue weighted by molar-refractivity contribution is 5.90. The third kappa shape index (κ3) is 2.57. The monoisotopic (exact) mass is 435 g/mol. The first kappa shape index (κ1) is 20.0. The van der Waals surface area contributed by atoms with E-state index in [9.17, 15) is 19.5 Å². The molecule has 1 aromatic carbocycles. The molecule has 2 aliphatic rings. The number of cyclic esters (lactones) is 1. The zero-order valence-electron chi connectivity index (χ0n) is 17.6. The van der Waals surface area contributed by atoms with Gasteiger partial charge in [0.05, 0.1) is 29.0 Å². The van der Waals surface area contributed by atoms with Gasteiger partial charge in [-0.15, -0.1) is 0 Å². The fourth-order valence-electron chi connectivity index (χ4n) is 4.88. The van der Waals surface area contributed by atoms with Crippen molar-refractivity contribution in [3.05, 3.63) is 56.9 Å². The number of aromatic hydroxyl groups is 1. The maximum atomic E-state index is 13.4. The lowest BCUT2D eigenvalue weighted by Gasteiger charge is -2.35. The number of phenols is 1. The number of aryl methyl sites for hydroxylation is 1. The van der Waals surface area contributed by atoms with Gasteiger partial charge in [0.1, 0.15) is 12.4 Å². The number of nitrogens with zero attached hydrogens (tertiary/aromatic N) is 2. The minimum atomic E-state index is -1.78. The van der Waals surface area contributed by atoms with Crippen molar-refractivity contribution >= 4 is 23.0 Å². The summed E-state index contributed by atoms with van der Waals surface area (Å²) >= 11 is 0. The number of amides is 1. The van der Waals surface area contributed by atoms with E-state index in [1.54, 1.807) is 35.8 Å². The highest BCUT2D eigenvalue weighted by Gasteiger charge is 2.50. The summed E-state index contributed by atoms with van der Waals surface area (Å²) in [6.07, 6.45) is -0.393. The van der Waals surface area contributed by atoms with E-state index < -0.39 is 17.7 Å². The number of phenolic OH excluding ortho intramolecular Hbond substituents is 1.